The lowest BCUT2D eigenvalue weighted by Gasteiger charge is -2.12. The summed E-state index contributed by atoms with van der Waals surface area (Å²) in [5.41, 5.74) is 9.97. The highest BCUT2D eigenvalue weighted by Gasteiger charge is 2.16. The molecule has 12 aromatic heterocycles. The second kappa shape index (κ2) is 41.6. The largest absolute Gasteiger partial charge is 0.497 e. The molecule has 0 saturated heterocycles. The third kappa shape index (κ3) is 22.7. The summed E-state index contributed by atoms with van der Waals surface area (Å²) in [7, 11) is 4.77. The Morgan fingerprint density at radius 3 is 1.26 bits per heavy atom. The van der Waals surface area contributed by atoms with Gasteiger partial charge in [-0.2, -0.15) is 5.26 Å². The van der Waals surface area contributed by atoms with E-state index in [0.717, 1.165) is 55.6 Å². The first-order valence-electron chi connectivity index (χ1n) is 29.6. The highest BCUT2D eigenvalue weighted by Crippen LogP contribution is 2.35. The molecule has 0 spiro atoms. The van der Waals surface area contributed by atoms with Crippen LogP contribution in [-0.2, 0) is 6.61 Å². The van der Waals surface area contributed by atoms with Gasteiger partial charge in [-0.05, 0) is 116 Å². The van der Waals surface area contributed by atoms with E-state index in [0.29, 0.717) is 79.9 Å². The van der Waals surface area contributed by atoms with E-state index in [2.05, 4.69) is 91.5 Å². The molecule has 0 bridgehead atoms. The lowest BCUT2D eigenvalue weighted by atomic mass is 10.2. The first kappa shape index (κ1) is 76.7. The molecule has 0 atom stereocenters. The second-order valence-corrected chi connectivity index (χ2v) is 22.0. The van der Waals surface area contributed by atoms with Crippen LogP contribution in [0.2, 0.25) is 0 Å². The maximum Gasteiger partial charge on any atom is 0.150 e. The van der Waals surface area contributed by atoms with Gasteiger partial charge in [0.2, 0.25) is 0 Å². The normalized spacial score (nSPS) is 10.5. The van der Waals surface area contributed by atoms with Crippen molar-refractivity contribution in [1.82, 2.24) is 64.8 Å². The quantitative estimate of drug-likeness (QED) is 0.0245. The molecule has 0 fully saturated rings. The van der Waals surface area contributed by atoms with Gasteiger partial charge in [0.25, 0.3) is 0 Å². The van der Waals surface area contributed by atoms with E-state index in [-0.39, 0.29) is 18.0 Å². The van der Waals surface area contributed by atoms with Gasteiger partial charge < -0.3 is 40.1 Å². The fraction of sp³-hybridized carbons (Fsp3) is 0.0986. The van der Waals surface area contributed by atoms with Crippen molar-refractivity contribution in [2.75, 3.05) is 40.1 Å². The third-order valence-corrected chi connectivity index (χ3v) is 15.5. The number of thioether (sulfide) groups is 3. The summed E-state index contributed by atoms with van der Waals surface area (Å²) in [5.74, 6) is 0.915. The number of nitrogens with zero attached hydrogens (tertiary/aromatic N) is 18. The van der Waals surface area contributed by atoms with Crippen molar-refractivity contribution in [2.24, 2.45) is 20.6 Å². The molecular formula is C71H62F2N18O8S3. The summed E-state index contributed by atoms with van der Waals surface area (Å²) in [6, 6.07) is 46.1. The number of halogens is 2. The predicted octanol–water partition coefficient (Wildman–Crippen LogP) is 13.3. The maximum absolute atomic E-state index is 13.2. The zero-order chi connectivity index (χ0) is 72.9. The number of aliphatic hydroxyl groups excluding tert-OH is 1. The Bertz CT molecular complexity index is 4650. The minimum atomic E-state index is -0.564. The van der Waals surface area contributed by atoms with Crippen molar-refractivity contribution in [3.05, 3.63) is 247 Å². The Balaban J connectivity index is 0.000000172. The number of hydrogen-bond acceptors (Lipinski definition) is 29. The molecule has 5 N–H and O–H groups in total. The number of oxime groups is 4. The molecule has 516 valence electrons. The molecule has 0 aliphatic rings. The van der Waals surface area contributed by atoms with Crippen LogP contribution in [0.5, 0.6) is 17.2 Å². The lowest BCUT2D eigenvalue weighted by molar-refractivity contribution is 0.271. The van der Waals surface area contributed by atoms with Crippen LogP contribution in [0.25, 0.3) is 68.3 Å². The smallest absolute Gasteiger partial charge is 0.150 e. The molecule has 0 aliphatic heterocycles. The SMILES string of the molecule is COc1cc(-c2ccccn2)nc(/C=N\O)c1SC.COc1cc(-c2ccccn2)nc(CO)c1SC.COc1cc(/C=N/O)nc(-c2ccccn2)c1.CSc1cc(C#N)nc(-c2ccccn2)c1.O/N=C/c1nc(-c2ccccn2)ccc1F.O/N=C/c1nc(-c2cnccn2)ccc1F. The van der Waals surface area contributed by atoms with Crippen LogP contribution in [0.3, 0.4) is 0 Å². The van der Waals surface area contributed by atoms with Gasteiger partial charge in [0.15, 0.2) is 11.6 Å². The van der Waals surface area contributed by atoms with Crippen molar-refractivity contribution in [3.63, 3.8) is 0 Å². The van der Waals surface area contributed by atoms with Crippen LogP contribution in [-0.4, -0.2) is 156 Å². The van der Waals surface area contributed by atoms with E-state index in [9.17, 15) is 13.9 Å². The number of rotatable bonds is 17. The molecule has 12 aromatic rings. The monoisotopic (exact) mass is 1430 g/mol. The first-order valence-corrected chi connectivity index (χ1v) is 33.3. The van der Waals surface area contributed by atoms with E-state index in [4.69, 9.17) is 40.3 Å². The number of aliphatic hydroxyl groups is 1. The zero-order valence-corrected chi connectivity index (χ0v) is 57.5. The fourth-order valence-corrected chi connectivity index (χ4v) is 10.3. The summed E-state index contributed by atoms with van der Waals surface area (Å²) in [4.78, 5) is 56.9. The number of pyridine rings is 11. The zero-order valence-electron chi connectivity index (χ0n) is 55.1. The molecule has 0 radical (unpaired) electrons. The van der Waals surface area contributed by atoms with E-state index in [1.165, 1.54) is 78.8 Å². The van der Waals surface area contributed by atoms with Gasteiger partial charge in [-0.25, -0.2) is 38.7 Å². The van der Waals surface area contributed by atoms with E-state index in [1.807, 2.05) is 116 Å². The third-order valence-electron chi connectivity index (χ3n) is 13.1. The number of methoxy groups -OCH3 is 3. The molecule has 12 heterocycles. The number of nitriles is 1. The summed E-state index contributed by atoms with van der Waals surface area (Å²) in [6.45, 7) is -0.118. The molecule has 102 heavy (non-hydrogen) atoms. The van der Waals surface area contributed by atoms with Gasteiger partial charge in [0.1, 0.15) is 51.8 Å². The highest BCUT2D eigenvalue weighted by molar-refractivity contribution is 7.99. The Morgan fingerprint density at radius 1 is 0.422 bits per heavy atom. The Hall–Kier alpha value is -12.6. The van der Waals surface area contributed by atoms with Crippen LogP contribution in [0.4, 0.5) is 8.78 Å². The van der Waals surface area contributed by atoms with Crippen LogP contribution >= 0.6 is 35.3 Å². The average molecular weight is 1430 g/mol. The molecular weight excluding hydrogens is 1370 g/mol. The Labute approximate surface area is 596 Å². The Morgan fingerprint density at radius 2 is 0.853 bits per heavy atom. The first-order chi connectivity index (χ1) is 49.9. The molecule has 0 aromatic carbocycles. The second-order valence-electron chi connectivity index (χ2n) is 19.5. The number of aromatic nitrogens is 13. The molecule has 31 heteroatoms. The van der Waals surface area contributed by atoms with Crippen LogP contribution in [0.15, 0.2) is 237 Å². The average Bonchev–Trinajstić information content (AvgIpc) is 0.901. The molecule has 0 amide bonds. The predicted molar refractivity (Wildman–Crippen MR) is 386 cm³/mol. The number of hydrogen-bond donors (Lipinski definition) is 5. The minimum Gasteiger partial charge on any atom is -0.497 e. The van der Waals surface area contributed by atoms with Crippen molar-refractivity contribution < 1.29 is 48.9 Å². The maximum atomic E-state index is 13.2. The fourth-order valence-electron chi connectivity index (χ4n) is 8.53. The van der Waals surface area contributed by atoms with Crippen LogP contribution in [0, 0.1) is 23.0 Å². The number of ether oxygens (including phenoxy) is 3. The van der Waals surface area contributed by atoms with Gasteiger partial charge >= 0.3 is 0 Å². The van der Waals surface area contributed by atoms with Crippen LogP contribution in [0.1, 0.15) is 34.2 Å². The molecule has 0 saturated carbocycles. The van der Waals surface area contributed by atoms with Crippen molar-refractivity contribution in [2.45, 2.75) is 21.3 Å². The highest BCUT2D eigenvalue weighted by atomic mass is 32.2. The van der Waals surface area contributed by atoms with Gasteiger partial charge in [-0.3, -0.25) is 34.9 Å². The van der Waals surface area contributed by atoms with Gasteiger partial charge in [0.05, 0.1) is 143 Å². The van der Waals surface area contributed by atoms with Gasteiger partial charge in [-0.1, -0.05) is 51.0 Å². The van der Waals surface area contributed by atoms with Crippen molar-refractivity contribution in [1.29, 1.82) is 5.26 Å². The Kier molecular flexibility index (Phi) is 31.3. The van der Waals surface area contributed by atoms with E-state index < -0.39 is 11.6 Å². The molecule has 0 aliphatic carbocycles. The van der Waals surface area contributed by atoms with Gasteiger partial charge in [0, 0.05) is 72.5 Å². The molecule has 12 rings (SSSR count). The van der Waals surface area contributed by atoms with E-state index >= 15 is 0 Å². The standard InChI is InChI=1S/C13H13N3O2S.C13H14N2O2S.C12H11N3O2.C12H9N3S.C11H8FN3O.C10H7FN4O/c1-18-12-7-10(9-5-3-4-6-14-9)16-11(8-15-17)13(12)19-2;1-17-12-7-10(9-5-3-4-6-14-9)15-11(8-16)13(12)18-2;1-17-10-6-9(8-14-16)15-12(7-10)11-4-2-3-5-13-11;1-16-10-6-9(8-13)15-12(7-10)11-4-2-3-5-14-11;12-8-4-5-10(15-11(8)7-14-16)9-3-1-2-6-13-9;11-7-1-2-8(15-9(7)6-14-16)10-5-12-3-4-13-10/h3-8,17H,1-2H3;3-7,16H,8H2,1-2H3;2-8,16H,1H3;2-7H,1H3;1-7,16H;1-6,16H/b15-8-;;14-8+;;14-7+;14-6+. The summed E-state index contributed by atoms with van der Waals surface area (Å²) >= 11 is 4.58. The van der Waals surface area contributed by atoms with Crippen molar-refractivity contribution >= 4 is 60.1 Å². The summed E-state index contributed by atoms with van der Waals surface area (Å²) in [6.07, 6.45) is 23.2. The molecule has 26 nitrogen and oxygen atoms in total. The topological polar surface area (TPSA) is 370 Å². The minimum absolute atomic E-state index is 0.0225. The lowest BCUT2D eigenvalue weighted by Crippen LogP contribution is -1.99. The van der Waals surface area contributed by atoms with Crippen LogP contribution < -0.4 is 14.2 Å². The van der Waals surface area contributed by atoms with Gasteiger partial charge in [-0.15, -0.1) is 35.3 Å². The molecule has 0 unspecified atom stereocenters. The van der Waals surface area contributed by atoms with Crippen molar-refractivity contribution in [3.8, 4) is 91.6 Å². The summed E-state index contributed by atoms with van der Waals surface area (Å²) < 4.78 is 42.2. The van der Waals surface area contributed by atoms with E-state index in [1.54, 1.807) is 94.4 Å². The summed E-state index contributed by atoms with van der Waals surface area (Å²) in [5, 5.41) is 63.7.